The first kappa shape index (κ1) is 21.2. The van der Waals surface area contributed by atoms with E-state index in [1.165, 1.54) is 5.56 Å². The highest BCUT2D eigenvalue weighted by molar-refractivity contribution is 9.10. The van der Waals surface area contributed by atoms with E-state index in [0.717, 1.165) is 61.3 Å². The number of hydrogen-bond acceptors (Lipinski definition) is 6. The number of nitrogens with zero attached hydrogens (tertiary/aromatic N) is 4. The summed E-state index contributed by atoms with van der Waals surface area (Å²) in [5.74, 6) is 1.62. The fraction of sp³-hybridized carbons (Fsp3) is 0.409. The number of benzene rings is 1. The first-order valence-corrected chi connectivity index (χ1v) is 12.0. The van der Waals surface area contributed by atoms with Crippen LogP contribution < -0.4 is 0 Å². The topological polar surface area (TPSA) is 62.5 Å². The molecule has 0 N–H and O–H groups in total. The zero-order chi connectivity index (χ0) is 20.8. The number of aromatic nitrogens is 2. The summed E-state index contributed by atoms with van der Waals surface area (Å²) in [4.78, 5) is 22.5. The molecular weight excluding hydrogens is 464 g/mol. The predicted molar refractivity (Wildman–Crippen MR) is 121 cm³/mol. The molecule has 1 aromatic carbocycles. The van der Waals surface area contributed by atoms with Gasteiger partial charge in [0.25, 0.3) is 0 Å². The van der Waals surface area contributed by atoms with Gasteiger partial charge in [-0.1, -0.05) is 45.4 Å². The molecule has 0 radical (unpaired) electrons. The van der Waals surface area contributed by atoms with Crippen molar-refractivity contribution in [1.82, 2.24) is 19.9 Å². The van der Waals surface area contributed by atoms with Gasteiger partial charge in [-0.2, -0.15) is 4.98 Å². The summed E-state index contributed by atoms with van der Waals surface area (Å²) in [6.45, 7) is 4.43. The van der Waals surface area contributed by atoms with Crippen molar-refractivity contribution in [2.24, 2.45) is 0 Å². The third-order valence-corrected chi connectivity index (χ3v) is 7.01. The van der Waals surface area contributed by atoms with Crippen LogP contribution in [-0.4, -0.2) is 58.6 Å². The summed E-state index contributed by atoms with van der Waals surface area (Å²) < 4.78 is 6.44. The minimum Gasteiger partial charge on any atom is -0.340 e. The largest absolute Gasteiger partial charge is 0.340 e. The molecule has 2 aromatic heterocycles. The number of hydrogen-bond donors (Lipinski definition) is 0. The van der Waals surface area contributed by atoms with Gasteiger partial charge < -0.3 is 9.42 Å². The smallest absolute Gasteiger partial charge is 0.227 e. The van der Waals surface area contributed by atoms with Gasteiger partial charge in [0.15, 0.2) is 0 Å². The van der Waals surface area contributed by atoms with Crippen molar-refractivity contribution in [3.8, 4) is 10.7 Å². The molecular formula is C22H25BrN4O2S. The van der Waals surface area contributed by atoms with Gasteiger partial charge in [0.05, 0.1) is 4.88 Å². The molecule has 3 aromatic rings. The number of halogens is 1. The average molecular weight is 489 g/mol. The lowest BCUT2D eigenvalue weighted by Gasteiger charge is -2.34. The molecule has 3 heterocycles. The maximum absolute atomic E-state index is 12.6. The summed E-state index contributed by atoms with van der Waals surface area (Å²) in [5, 5.41) is 6.07. The molecule has 0 saturated carbocycles. The summed E-state index contributed by atoms with van der Waals surface area (Å²) in [5.41, 5.74) is 1.19. The normalized spacial score (nSPS) is 14.9. The molecule has 1 aliphatic heterocycles. The Morgan fingerprint density at radius 1 is 1.10 bits per heavy atom. The summed E-state index contributed by atoms with van der Waals surface area (Å²) >= 11 is 5.17. The van der Waals surface area contributed by atoms with Gasteiger partial charge in [-0.15, -0.1) is 11.3 Å². The standard InChI is InChI=1S/C22H25BrN4O2S/c23-18-6-2-1-5-17(18)9-10-21(28)27-14-12-26(13-15-27)11-3-8-20-24-22(25-29-20)19-7-4-16-30-19/h1-2,4-7,16H,3,8-15H2. The molecule has 0 spiro atoms. The van der Waals surface area contributed by atoms with Crippen LogP contribution in [-0.2, 0) is 17.6 Å². The van der Waals surface area contributed by atoms with Gasteiger partial charge in [-0.3, -0.25) is 9.69 Å². The van der Waals surface area contributed by atoms with E-state index in [1.54, 1.807) is 11.3 Å². The van der Waals surface area contributed by atoms with Crippen LogP contribution in [0.5, 0.6) is 0 Å². The van der Waals surface area contributed by atoms with Gasteiger partial charge in [-0.25, -0.2) is 0 Å². The van der Waals surface area contributed by atoms with E-state index in [2.05, 4.69) is 37.0 Å². The molecule has 0 aliphatic carbocycles. The minimum absolute atomic E-state index is 0.248. The maximum Gasteiger partial charge on any atom is 0.227 e. The van der Waals surface area contributed by atoms with Gasteiger partial charge in [0.1, 0.15) is 0 Å². The quantitative estimate of drug-likeness (QED) is 0.473. The molecule has 0 atom stereocenters. The number of aryl methyl sites for hydroxylation is 2. The average Bonchev–Trinajstić information content (AvgIpc) is 3.45. The number of amides is 1. The Labute approximate surface area is 189 Å². The van der Waals surface area contributed by atoms with E-state index in [-0.39, 0.29) is 5.91 Å². The van der Waals surface area contributed by atoms with Crippen molar-refractivity contribution in [3.05, 3.63) is 57.7 Å². The van der Waals surface area contributed by atoms with Crippen molar-refractivity contribution in [3.63, 3.8) is 0 Å². The third kappa shape index (κ3) is 5.56. The highest BCUT2D eigenvalue weighted by Gasteiger charge is 2.21. The van der Waals surface area contributed by atoms with Gasteiger partial charge in [-0.05, 0) is 42.5 Å². The molecule has 0 unspecified atom stereocenters. The third-order valence-electron chi connectivity index (χ3n) is 5.37. The van der Waals surface area contributed by atoms with E-state index in [4.69, 9.17) is 4.52 Å². The summed E-state index contributed by atoms with van der Waals surface area (Å²) in [7, 11) is 0. The lowest BCUT2D eigenvalue weighted by molar-refractivity contribution is -0.132. The summed E-state index contributed by atoms with van der Waals surface area (Å²) in [6, 6.07) is 12.1. The molecule has 1 amide bonds. The Bertz CT molecular complexity index is 952. The van der Waals surface area contributed by atoms with E-state index >= 15 is 0 Å². The minimum atomic E-state index is 0.248. The van der Waals surface area contributed by atoms with Crippen LogP contribution in [0.4, 0.5) is 0 Å². The zero-order valence-electron chi connectivity index (χ0n) is 16.8. The number of carbonyl (C=O) groups excluding carboxylic acids is 1. The second kappa shape index (κ2) is 10.3. The number of thiophene rings is 1. The predicted octanol–water partition coefficient (Wildman–Crippen LogP) is 4.27. The fourth-order valence-electron chi connectivity index (χ4n) is 3.64. The van der Waals surface area contributed by atoms with Crippen LogP contribution in [0.15, 0.2) is 50.8 Å². The molecule has 1 aliphatic rings. The Hall–Kier alpha value is -2.03. The van der Waals surface area contributed by atoms with Crippen LogP contribution in [0, 0.1) is 0 Å². The number of piperazine rings is 1. The summed E-state index contributed by atoms with van der Waals surface area (Å²) in [6.07, 6.45) is 3.09. The van der Waals surface area contributed by atoms with Crippen LogP contribution in [0.1, 0.15) is 24.3 Å². The highest BCUT2D eigenvalue weighted by Crippen LogP contribution is 2.21. The molecule has 1 fully saturated rings. The molecule has 8 heteroatoms. The lowest BCUT2D eigenvalue weighted by atomic mass is 10.1. The molecule has 0 bridgehead atoms. The van der Waals surface area contributed by atoms with E-state index in [1.807, 2.05) is 40.6 Å². The SMILES string of the molecule is O=C(CCc1ccccc1Br)N1CCN(CCCc2nc(-c3cccs3)no2)CC1. The van der Waals surface area contributed by atoms with Crippen LogP contribution >= 0.6 is 27.3 Å². The van der Waals surface area contributed by atoms with Crippen LogP contribution in [0.2, 0.25) is 0 Å². The van der Waals surface area contributed by atoms with Crippen LogP contribution in [0.25, 0.3) is 10.7 Å². The Balaban J connectivity index is 1.15. The molecule has 6 nitrogen and oxygen atoms in total. The zero-order valence-corrected chi connectivity index (χ0v) is 19.2. The van der Waals surface area contributed by atoms with Crippen molar-refractivity contribution < 1.29 is 9.32 Å². The van der Waals surface area contributed by atoms with Gasteiger partial charge in [0.2, 0.25) is 17.6 Å². The molecule has 158 valence electrons. The monoisotopic (exact) mass is 488 g/mol. The first-order chi connectivity index (χ1) is 14.7. The van der Waals surface area contributed by atoms with E-state index < -0.39 is 0 Å². The molecule has 30 heavy (non-hydrogen) atoms. The first-order valence-electron chi connectivity index (χ1n) is 10.3. The molecule has 1 saturated heterocycles. The van der Waals surface area contributed by atoms with Crippen molar-refractivity contribution in [2.45, 2.75) is 25.7 Å². The van der Waals surface area contributed by atoms with Crippen LogP contribution in [0.3, 0.4) is 0 Å². The molecule has 4 rings (SSSR count). The second-order valence-corrected chi connectivity index (χ2v) is 9.21. The highest BCUT2D eigenvalue weighted by atomic mass is 79.9. The van der Waals surface area contributed by atoms with Crippen molar-refractivity contribution >= 4 is 33.2 Å². The van der Waals surface area contributed by atoms with E-state index in [0.29, 0.717) is 18.1 Å². The van der Waals surface area contributed by atoms with Crippen molar-refractivity contribution in [1.29, 1.82) is 0 Å². The van der Waals surface area contributed by atoms with Gasteiger partial charge >= 0.3 is 0 Å². The maximum atomic E-state index is 12.6. The Kier molecular flexibility index (Phi) is 7.30. The number of rotatable bonds is 8. The van der Waals surface area contributed by atoms with Gasteiger partial charge in [0, 0.05) is 43.5 Å². The van der Waals surface area contributed by atoms with E-state index in [9.17, 15) is 4.79 Å². The second-order valence-electron chi connectivity index (χ2n) is 7.41. The van der Waals surface area contributed by atoms with Crippen molar-refractivity contribution in [2.75, 3.05) is 32.7 Å². The Morgan fingerprint density at radius 2 is 1.93 bits per heavy atom. The number of carbonyl (C=O) groups is 1. The fourth-order valence-corrected chi connectivity index (χ4v) is 4.77. The lowest BCUT2D eigenvalue weighted by Crippen LogP contribution is -2.48. The Morgan fingerprint density at radius 3 is 2.70 bits per heavy atom.